The molecule has 0 fully saturated rings. The minimum atomic E-state index is -3.80. The SMILES string of the molecule is C=C=C[C@H](C(C)C)N(CC=O)S(=O)(=O)c1c(C)cc(C)cc1C. The summed E-state index contributed by atoms with van der Waals surface area (Å²) < 4.78 is 27.6. The van der Waals surface area contributed by atoms with Gasteiger partial charge >= 0.3 is 0 Å². The lowest BCUT2D eigenvalue weighted by atomic mass is 10.0. The molecule has 0 saturated heterocycles. The molecule has 0 aromatic heterocycles. The predicted molar refractivity (Wildman–Crippen MR) is 92.9 cm³/mol. The van der Waals surface area contributed by atoms with Gasteiger partial charge in [-0.05, 0) is 43.9 Å². The molecule has 0 unspecified atom stereocenters. The molecule has 0 aliphatic rings. The highest BCUT2D eigenvalue weighted by Crippen LogP contribution is 2.28. The lowest BCUT2D eigenvalue weighted by Crippen LogP contribution is -2.43. The summed E-state index contributed by atoms with van der Waals surface area (Å²) in [6.45, 7) is 12.6. The molecule has 1 aromatic rings. The topological polar surface area (TPSA) is 54.5 Å². The van der Waals surface area contributed by atoms with Crippen molar-refractivity contribution < 1.29 is 13.2 Å². The second-order valence-corrected chi connectivity index (χ2v) is 7.90. The van der Waals surface area contributed by atoms with Gasteiger partial charge in [-0.3, -0.25) is 0 Å². The third kappa shape index (κ3) is 4.20. The fraction of sp³-hybridized carbons (Fsp3) is 0.444. The highest BCUT2D eigenvalue weighted by Gasteiger charge is 2.33. The van der Waals surface area contributed by atoms with Crippen LogP contribution in [0, 0.1) is 26.7 Å². The molecule has 0 saturated carbocycles. The number of hydrogen-bond acceptors (Lipinski definition) is 3. The van der Waals surface area contributed by atoms with Gasteiger partial charge in [-0.2, -0.15) is 4.31 Å². The second-order valence-electron chi connectivity index (χ2n) is 6.07. The molecule has 1 aromatic carbocycles. The van der Waals surface area contributed by atoms with Crippen molar-refractivity contribution in [3.05, 3.63) is 47.2 Å². The summed E-state index contributed by atoms with van der Waals surface area (Å²) in [6.07, 6.45) is 2.22. The summed E-state index contributed by atoms with van der Waals surface area (Å²) in [5.74, 6) is -0.00923. The van der Waals surface area contributed by atoms with Crippen molar-refractivity contribution in [2.24, 2.45) is 5.92 Å². The summed E-state index contributed by atoms with van der Waals surface area (Å²) in [7, 11) is -3.80. The van der Waals surface area contributed by atoms with Gasteiger partial charge in [0.25, 0.3) is 0 Å². The molecule has 0 spiro atoms. The number of nitrogens with zero attached hydrogens (tertiary/aromatic N) is 1. The van der Waals surface area contributed by atoms with E-state index in [1.54, 1.807) is 19.9 Å². The Kier molecular flexibility index (Phi) is 6.51. The lowest BCUT2D eigenvalue weighted by Gasteiger charge is -2.30. The lowest BCUT2D eigenvalue weighted by molar-refractivity contribution is -0.108. The van der Waals surface area contributed by atoms with E-state index in [0.29, 0.717) is 17.4 Å². The standard InChI is InChI=1S/C18H25NO3S/c1-7-8-17(13(2)3)19(9-10-20)23(21,22)18-15(5)11-14(4)12-16(18)6/h8,10-13,17H,1,9H2,2-6H3/t17-/m1/s1. The number of aryl methyl sites for hydroxylation is 3. The van der Waals surface area contributed by atoms with E-state index in [9.17, 15) is 13.2 Å². The molecule has 0 bridgehead atoms. The Bertz CT molecular complexity index is 706. The largest absolute Gasteiger partial charge is 0.302 e. The van der Waals surface area contributed by atoms with Crippen LogP contribution in [0.4, 0.5) is 0 Å². The quantitative estimate of drug-likeness (QED) is 0.568. The Balaban J connectivity index is 3.58. The number of sulfonamides is 1. The Morgan fingerprint density at radius 3 is 2.13 bits per heavy atom. The number of benzene rings is 1. The molecular formula is C18H25NO3S. The zero-order valence-electron chi connectivity index (χ0n) is 14.5. The molecule has 23 heavy (non-hydrogen) atoms. The Hall–Kier alpha value is -1.68. The molecule has 5 heteroatoms. The zero-order chi connectivity index (χ0) is 17.8. The van der Waals surface area contributed by atoms with Crippen LogP contribution in [-0.4, -0.2) is 31.6 Å². The van der Waals surface area contributed by atoms with E-state index >= 15 is 0 Å². The first-order valence-corrected chi connectivity index (χ1v) is 9.00. The number of aldehydes is 1. The van der Waals surface area contributed by atoms with Crippen LogP contribution in [0.2, 0.25) is 0 Å². The van der Waals surface area contributed by atoms with Crippen molar-refractivity contribution in [2.75, 3.05) is 6.54 Å². The highest BCUT2D eigenvalue weighted by molar-refractivity contribution is 7.89. The van der Waals surface area contributed by atoms with Crippen molar-refractivity contribution in [3.8, 4) is 0 Å². The molecule has 126 valence electrons. The molecule has 1 rings (SSSR count). The fourth-order valence-electron chi connectivity index (χ4n) is 2.87. The summed E-state index contributed by atoms with van der Waals surface area (Å²) in [5.41, 5.74) is 5.03. The summed E-state index contributed by atoms with van der Waals surface area (Å²) in [6, 6.07) is 3.21. The van der Waals surface area contributed by atoms with E-state index in [4.69, 9.17) is 0 Å². The van der Waals surface area contributed by atoms with E-state index in [0.717, 1.165) is 5.56 Å². The number of carbonyl (C=O) groups is 1. The van der Waals surface area contributed by atoms with Gasteiger partial charge in [-0.15, -0.1) is 5.73 Å². The maximum Gasteiger partial charge on any atom is 0.244 e. The molecule has 0 N–H and O–H groups in total. The predicted octanol–water partition coefficient (Wildman–Crippen LogP) is 3.17. The molecule has 0 aliphatic carbocycles. The maximum atomic E-state index is 13.2. The van der Waals surface area contributed by atoms with E-state index < -0.39 is 16.1 Å². The first-order valence-electron chi connectivity index (χ1n) is 7.56. The normalized spacial score (nSPS) is 13.0. The molecule has 0 radical (unpaired) electrons. The van der Waals surface area contributed by atoms with Crippen molar-refractivity contribution in [1.29, 1.82) is 0 Å². The van der Waals surface area contributed by atoms with Crippen LogP contribution < -0.4 is 0 Å². The Labute approximate surface area is 139 Å². The maximum absolute atomic E-state index is 13.2. The van der Waals surface area contributed by atoms with Crippen LogP contribution in [0.25, 0.3) is 0 Å². The number of rotatable bonds is 7. The van der Waals surface area contributed by atoms with E-state index in [1.165, 1.54) is 4.31 Å². The first kappa shape index (κ1) is 19.4. The Morgan fingerprint density at radius 1 is 1.22 bits per heavy atom. The fourth-order valence-corrected chi connectivity index (χ4v) is 4.92. The third-order valence-corrected chi connectivity index (χ3v) is 5.90. The van der Waals surface area contributed by atoms with Gasteiger partial charge < -0.3 is 4.79 Å². The minimum Gasteiger partial charge on any atom is -0.302 e. The van der Waals surface area contributed by atoms with E-state index in [-0.39, 0.29) is 17.4 Å². The molecule has 0 heterocycles. The molecule has 0 aliphatic heterocycles. The first-order chi connectivity index (χ1) is 10.7. The van der Waals surface area contributed by atoms with Crippen LogP contribution in [0.3, 0.4) is 0 Å². The van der Waals surface area contributed by atoms with Crippen molar-refractivity contribution in [2.45, 2.75) is 45.6 Å². The number of hydrogen-bond donors (Lipinski definition) is 0. The summed E-state index contributed by atoms with van der Waals surface area (Å²) in [4.78, 5) is 11.4. The summed E-state index contributed by atoms with van der Waals surface area (Å²) >= 11 is 0. The number of carbonyl (C=O) groups excluding carboxylic acids is 1. The smallest absolute Gasteiger partial charge is 0.244 e. The van der Waals surface area contributed by atoms with E-state index in [2.05, 4.69) is 12.3 Å². The molecule has 0 amide bonds. The molecule has 4 nitrogen and oxygen atoms in total. The van der Waals surface area contributed by atoms with Gasteiger partial charge in [0.15, 0.2) is 0 Å². The van der Waals surface area contributed by atoms with Gasteiger partial charge in [0.2, 0.25) is 10.0 Å². The molecule has 1 atom stereocenters. The third-order valence-electron chi connectivity index (χ3n) is 3.73. The summed E-state index contributed by atoms with van der Waals surface area (Å²) in [5, 5.41) is 0. The van der Waals surface area contributed by atoms with Gasteiger partial charge in [0.05, 0.1) is 17.5 Å². The highest BCUT2D eigenvalue weighted by atomic mass is 32.2. The average molecular weight is 335 g/mol. The van der Waals surface area contributed by atoms with Crippen LogP contribution in [-0.2, 0) is 14.8 Å². The average Bonchev–Trinajstić information content (AvgIpc) is 2.40. The van der Waals surface area contributed by atoms with Crippen molar-refractivity contribution >= 4 is 16.3 Å². The van der Waals surface area contributed by atoms with E-state index in [1.807, 2.05) is 32.9 Å². The minimum absolute atomic E-state index is 0.00923. The van der Waals surface area contributed by atoms with Crippen LogP contribution in [0.1, 0.15) is 30.5 Å². The monoisotopic (exact) mass is 335 g/mol. The zero-order valence-corrected chi connectivity index (χ0v) is 15.3. The van der Waals surface area contributed by atoms with Crippen molar-refractivity contribution in [1.82, 2.24) is 4.31 Å². The molecular weight excluding hydrogens is 310 g/mol. The van der Waals surface area contributed by atoms with Crippen molar-refractivity contribution in [3.63, 3.8) is 0 Å². The van der Waals surface area contributed by atoms with Crippen LogP contribution >= 0.6 is 0 Å². The van der Waals surface area contributed by atoms with Crippen LogP contribution in [0.15, 0.2) is 35.4 Å². The Morgan fingerprint density at radius 2 is 1.74 bits per heavy atom. The van der Waals surface area contributed by atoms with Gasteiger partial charge in [-0.25, -0.2) is 8.42 Å². The van der Waals surface area contributed by atoms with Gasteiger partial charge in [0.1, 0.15) is 6.29 Å². The van der Waals surface area contributed by atoms with Crippen LogP contribution in [0.5, 0.6) is 0 Å². The second kappa shape index (κ2) is 7.73. The van der Waals surface area contributed by atoms with Gasteiger partial charge in [0, 0.05) is 0 Å². The van der Waals surface area contributed by atoms with Gasteiger partial charge in [-0.1, -0.05) is 38.1 Å².